The van der Waals surface area contributed by atoms with Crippen molar-refractivity contribution >= 4 is 24.0 Å². The highest BCUT2D eigenvalue weighted by atomic mass is 35.5. The Balaban J connectivity index is 0.00000324. The molecule has 19 heavy (non-hydrogen) atoms. The molecule has 1 amide bonds. The molecule has 0 aliphatic heterocycles. The predicted molar refractivity (Wildman–Crippen MR) is 83.1 cm³/mol. The number of nitrogens with zero attached hydrogens (tertiary/aromatic N) is 1. The van der Waals surface area contributed by atoms with Gasteiger partial charge in [0.05, 0.1) is 6.54 Å². The van der Waals surface area contributed by atoms with E-state index < -0.39 is 0 Å². The van der Waals surface area contributed by atoms with Crippen molar-refractivity contribution in [2.75, 3.05) is 38.1 Å². The molecule has 0 saturated carbocycles. The number of carbonyl (C=O) groups is 1. The van der Waals surface area contributed by atoms with Gasteiger partial charge in [-0.3, -0.25) is 4.79 Å². The van der Waals surface area contributed by atoms with E-state index >= 15 is 0 Å². The van der Waals surface area contributed by atoms with E-state index in [4.69, 9.17) is 0 Å². The van der Waals surface area contributed by atoms with Gasteiger partial charge in [0.15, 0.2) is 0 Å². The topological polar surface area (TPSA) is 44.4 Å². The molecule has 0 aliphatic rings. The summed E-state index contributed by atoms with van der Waals surface area (Å²) < 4.78 is 0. The minimum atomic E-state index is 0. The highest BCUT2D eigenvalue weighted by Crippen LogP contribution is 2.12. The number of nitrogens with one attached hydrogen (secondary N) is 2. The van der Waals surface area contributed by atoms with Crippen LogP contribution in [0.1, 0.15) is 13.3 Å². The number of likely N-dealkylation sites (N-methyl/N-ethyl adjacent to an activating group) is 1. The molecule has 1 rings (SSSR count). The minimum absolute atomic E-state index is 0. The summed E-state index contributed by atoms with van der Waals surface area (Å²) in [4.78, 5) is 13.5. The van der Waals surface area contributed by atoms with Crippen LogP contribution in [0.2, 0.25) is 0 Å². The Morgan fingerprint density at radius 2 is 1.95 bits per heavy atom. The molecule has 0 radical (unpaired) electrons. The number of hydrogen-bond donors (Lipinski definition) is 2. The van der Waals surface area contributed by atoms with Gasteiger partial charge in [-0.1, -0.05) is 18.2 Å². The molecular weight excluding hydrogens is 262 g/mol. The number of halogens is 1. The van der Waals surface area contributed by atoms with E-state index in [2.05, 4.69) is 34.6 Å². The zero-order valence-corrected chi connectivity index (χ0v) is 12.5. The van der Waals surface area contributed by atoms with Crippen LogP contribution in [-0.2, 0) is 4.79 Å². The molecule has 0 heterocycles. The second-order valence-corrected chi connectivity index (χ2v) is 4.15. The first-order chi connectivity index (χ1) is 8.77. The van der Waals surface area contributed by atoms with E-state index in [9.17, 15) is 4.79 Å². The normalized spacial score (nSPS) is 9.58. The lowest BCUT2D eigenvalue weighted by atomic mass is 10.2. The molecule has 1 aromatic rings. The molecular formula is C14H24ClN3O. The zero-order chi connectivity index (χ0) is 13.2. The van der Waals surface area contributed by atoms with Crippen molar-refractivity contribution in [1.82, 2.24) is 10.6 Å². The van der Waals surface area contributed by atoms with Crippen molar-refractivity contribution in [3.05, 3.63) is 30.3 Å². The fourth-order valence-electron chi connectivity index (χ4n) is 1.83. The monoisotopic (exact) mass is 285 g/mol. The summed E-state index contributed by atoms with van der Waals surface area (Å²) in [6.07, 6.45) is 0.957. The van der Waals surface area contributed by atoms with E-state index in [0.717, 1.165) is 26.1 Å². The Morgan fingerprint density at radius 3 is 2.53 bits per heavy atom. The molecule has 0 spiro atoms. The number of amides is 1. The van der Waals surface area contributed by atoms with Crippen LogP contribution >= 0.6 is 12.4 Å². The average molecular weight is 286 g/mol. The van der Waals surface area contributed by atoms with E-state index in [1.165, 1.54) is 5.69 Å². The van der Waals surface area contributed by atoms with Gasteiger partial charge in [-0.25, -0.2) is 0 Å². The minimum Gasteiger partial charge on any atom is -0.372 e. The summed E-state index contributed by atoms with van der Waals surface area (Å²) in [5.74, 6) is 0.0558. The van der Waals surface area contributed by atoms with Gasteiger partial charge < -0.3 is 15.5 Å². The summed E-state index contributed by atoms with van der Waals surface area (Å²) in [5.41, 5.74) is 1.24. The third-order valence-corrected chi connectivity index (χ3v) is 2.77. The molecule has 0 aliphatic carbocycles. The molecule has 2 N–H and O–H groups in total. The average Bonchev–Trinajstić information content (AvgIpc) is 2.40. The summed E-state index contributed by atoms with van der Waals surface area (Å²) in [6.45, 7) is 5.20. The van der Waals surface area contributed by atoms with Crippen LogP contribution in [-0.4, -0.2) is 39.1 Å². The third-order valence-electron chi connectivity index (χ3n) is 2.77. The van der Waals surface area contributed by atoms with Gasteiger partial charge in [-0.2, -0.15) is 0 Å². The molecule has 5 heteroatoms. The maximum atomic E-state index is 11.2. The number of hydrogen-bond acceptors (Lipinski definition) is 3. The number of carbonyl (C=O) groups excluding carboxylic acids is 1. The van der Waals surface area contributed by atoms with Crippen molar-refractivity contribution in [3.63, 3.8) is 0 Å². The molecule has 4 nitrogen and oxygen atoms in total. The van der Waals surface area contributed by atoms with E-state index in [-0.39, 0.29) is 18.3 Å². The highest BCUT2D eigenvalue weighted by molar-refractivity contribution is 5.85. The summed E-state index contributed by atoms with van der Waals surface area (Å²) in [7, 11) is 1.77. The van der Waals surface area contributed by atoms with Crippen LogP contribution in [0, 0.1) is 0 Å². The molecule has 1 aromatic carbocycles. The summed E-state index contributed by atoms with van der Waals surface area (Å²) in [5, 5.41) is 5.72. The lowest BCUT2D eigenvalue weighted by Crippen LogP contribution is -2.34. The Hall–Kier alpha value is -1.26. The Kier molecular flexibility index (Phi) is 9.94. The smallest absolute Gasteiger partial charge is 0.233 e. The lowest BCUT2D eigenvalue weighted by molar-refractivity contribution is -0.120. The van der Waals surface area contributed by atoms with Gasteiger partial charge in [-0.05, 0) is 32.5 Å². The van der Waals surface area contributed by atoms with Gasteiger partial charge >= 0.3 is 0 Å². The molecule has 108 valence electrons. The number of rotatable bonds is 8. The second-order valence-electron chi connectivity index (χ2n) is 4.15. The van der Waals surface area contributed by atoms with Gasteiger partial charge in [-0.15, -0.1) is 12.4 Å². The third kappa shape index (κ3) is 7.03. The zero-order valence-electron chi connectivity index (χ0n) is 11.7. The predicted octanol–water partition coefficient (Wildman–Crippen LogP) is 1.66. The maximum Gasteiger partial charge on any atom is 0.233 e. The first-order valence-corrected chi connectivity index (χ1v) is 6.49. The molecule has 0 bridgehead atoms. The Morgan fingerprint density at radius 1 is 1.26 bits per heavy atom. The lowest BCUT2D eigenvalue weighted by Gasteiger charge is -2.23. The standard InChI is InChI=1S/C14H23N3O.ClH/c1-3-17(13-8-5-4-6-9-13)11-7-10-16-14(18)12-15-2;/h4-6,8-9,15H,3,7,10-12H2,1-2H3,(H,16,18);1H. The maximum absolute atomic E-state index is 11.2. The van der Waals surface area contributed by atoms with E-state index in [1.54, 1.807) is 7.05 Å². The Bertz CT molecular complexity index is 346. The second kappa shape index (κ2) is 10.6. The largest absolute Gasteiger partial charge is 0.372 e. The van der Waals surface area contributed by atoms with Crippen molar-refractivity contribution in [2.45, 2.75) is 13.3 Å². The van der Waals surface area contributed by atoms with Crippen LogP contribution < -0.4 is 15.5 Å². The van der Waals surface area contributed by atoms with Crippen molar-refractivity contribution in [3.8, 4) is 0 Å². The molecule has 0 fully saturated rings. The van der Waals surface area contributed by atoms with Gasteiger partial charge in [0.1, 0.15) is 0 Å². The highest BCUT2D eigenvalue weighted by Gasteiger charge is 2.03. The molecule has 0 saturated heterocycles. The fourth-order valence-corrected chi connectivity index (χ4v) is 1.83. The summed E-state index contributed by atoms with van der Waals surface area (Å²) >= 11 is 0. The molecule has 0 unspecified atom stereocenters. The molecule has 0 aromatic heterocycles. The number of benzene rings is 1. The number of anilines is 1. The van der Waals surface area contributed by atoms with Crippen LogP contribution in [0.15, 0.2) is 30.3 Å². The number of para-hydroxylation sites is 1. The fraction of sp³-hybridized carbons (Fsp3) is 0.500. The quantitative estimate of drug-likeness (QED) is 0.714. The van der Waals surface area contributed by atoms with Crippen LogP contribution in [0.4, 0.5) is 5.69 Å². The van der Waals surface area contributed by atoms with E-state index in [1.807, 2.05) is 18.2 Å². The summed E-state index contributed by atoms with van der Waals surface area (Å²) in [6, 6.07) is 10.3. The SMILES string of the molecule is CCN(CCCNC(=O)CNC)c1ccccc1.Cl. The van der Waals surface area contributed by atoms with Crippen LogP contribution in [0.3, 0.4) is 0 Å². The first kappa shape index (κ1) is 17.7. The van der Waals surface area contributed by atoms with Crippen LogP contribution in [0.5, 0.6) is 0 Å². The van der Waals surface area contributed by atoms with Crippen molar-refractivity contribution in [2.24, 2.45) is 0 Å². The molecule has 0 atom stereocenters. The van der Waals surface area contributed by atoms with Crippen molar-refractivity contribution in [1.29, 1.82) is 0 Å². The van der Waals surface area contributed by atoms with Gasteiger partial charge in [0, 0.05) is 25.3 Å². The van der Waals surface area contributed by atoms with E-state index in [0.29, 0.717) is 6.54 Å². The van der Waals surface area contributed by atoms with Crippen molar-refractivity contribution < 1.29 is 4.79 Å². The Labute approximate surface area is 122 Å². The van der Waals surface area contributed by atoms with Crippen LogP contribution in [0.25, 0.3) is 0 Å². The van der Waals surface area contributed by atoms with Gasteiger partial charge in [0.2, 0.25) is 5.91 Å². The van der Waals surface area contributed by atoms with Gasteiger partial charge in [0.25, 0.3) is 0 Å². The first-order valence-electron chi connectivity index (χ1n) is 6.49.